The lowest BCUT2D eigenvalue weighted by Crippen LogP contribution is -2.44. The predicted molar refractivity (Wildman–Crippen MR) is 117 cm³/mol. The van der Waals surface area contributed by atoms with Crippen LogP contribution in [0.4, 0.5) is 13.2 Å². The molecule has 0 amide bonds. The Morgan fingerprint density at radius 3 is 2.45 bits per heavy atom. The van der Waals surface area contributed by atoms with Gasteiger partial charge in [-0.25, -0.2) is 0 Å². The van der Waals surface area contributed by atoms with E-state index in [1.165, 1.54) is 5.56 Å². The molecule has 2 unspecified atom stereocenters. The normalized spacial score (nSPS) is 27.4. The van der Waals surface area contributed by atoms with Crippen molar-refractivity contribution in [2.75, 3.05) is 20.3 Å². The lowest BCUT2D eigenvalue weighted by Gasteiger charge is -2.42. The maximum absolute atomic E-state index is 12.7. The highest BCUT2D eigenvalue weighted by molar-refractivity contribution is 7.90. The van der Waals surface area contributed by atoms with Crippen molar-refractivity contribution in [3.05, 3.63) is 29.3 Å². The number of alkyl halides is 3. The van der Waals surface area contributed by atoms with Gasteiger partial charge >= 0.3 is 6.18 Å². The zero-order chi connectivity index (χ0) is 22.9. The number of benzene rings is 1. The lowest BCUT2D eigenvalue weighted by atomic mass is 9.65. The Bertz CT molecular complexity index is 743. The third-order valence-electron chi connectivity index (χ3n) is 6.67. The number of ether oxygens (including phenoxy) is 2. The maximum Gasteiger partial charge on any atom is 0.392 e. The van der Waals surface area contributed by atoms with Crippen LogP contribution in [-0.4, -0.2) is 41.8 Å². The molecule has 176 valence electrons. The molecule has 1 spiro atoms. The average molecular weight is 462 g/mol. The SMILES string of the molecule is CO[C@H]1CC[C@]2(CC1)Cc1ccc(OCCC(F)(F)F)cc1C2CN[S+]([O-])C(C)(C)C. The van der Waals surface area contributed by atoms with Crippen molar-refractivity contribution in [3.63, 3.8) is 0 Å². The molecule has 2 atom stereocenters. The summed E-state index contributed by atoms with van der Waals surface area (Å²) in [5, 5.41) is 0. The number of halogens is 3. The zero-order valence-electron chi connectivity index (χ0n) is 18.8. The molecule has 2 aliphatic carbocycles. The van der Waals surface area contributed by atoms with Crippen LogP contribution in [0.1, 0.15) is 69.9 Å². The molecule has 31 heavy (non-hydrogen) atoms. The first-order chi connectivity index (χ1) is 14.4. The largest absolute Gasteiger partial charge is 0.598 e. The van der Waals surface area contributed by atoms with Gasteiger partial charge in [-0.2, -0.15) is 13.2 Å². The van der Waals surface area contributed by atoms with Crippen molar-refractivity contribution in [1.29, 1.82) is 0 Å². The summed E-state index contributed by atoms with van der Waals surface area (Å²) < 4.78 is 64.0. The second kappa shape index (κ2) is 9.49. The van der Waals surface area contributed by atoms with Crippen molar-refractivity contribution in [1.82, 2.24) is 4.72 Å². The van der Waals surface area contributed by atoms with E-state index in [0.29, 0.717) is 12.3 Å². The molecule has 0 heterocycles. The monoisotopic (exact) mass is 461 g/mol. The molecular formula is C23H34F3NO3S. The minimum atomic E-state index is -4.23. The van der Waals surface area contributed by atoms with Gasteiger partial charge in [0.25, 0.3) is 0 Å². The van der Waals surface area contributed by atoms with Crippen LogP contribution in [0.25, 0.3) is 0 Å². The highest BCUT2D eigenvalue weighted by atomic mass is 32.2. The fourth-order valence-corrected chi connectivity index (χ4v) is 5.65. The third kappa shape index (κ3) is 6.09. The Balaban J connectivity index is 1.80. The fourth-order valence-electron chi connectivity index (χ4n) is 4.89. The van der Waals surface area contributed by atoms with Gasteiger partial charge in [0.05, 0.1) is 19.1 Å². The summed E-state index contributed by atoms with van der Waals surface area (Å²) in [6, 6.07) is 5.66. The Morgan fingerprint density at radius 1 is 1.19 bits per heavy atom. The van der Waals surface area contributed by atoms with Gasteiger partial charge in [0.1, 0.15) is 10.5 Å². The third-order valence-corrected chi connectivity index (χ3v) is 8.21. The molecule has 8 heteroatoms. The second-order valence-corrected chi connectivity index (χ2v) is 11.9. The molecule has 0 saturated heterocycles. The Morgan fingerprint density at radius 2 is 1.87 bits per heavy atom. The summed E-state index contributed by atoms with van der Waals surface area (Å²) >= 11 is -1.19. The van der Waals surface area contributed by atoms with Crippen molar-refractivity contribution in [2.24, 2.45) is 5.41 Å². The van der Waals surface area contributed by atoms with Crippen LogP contribution < -0.4 is 9.46 Å². The molecule has 1 aromatic rings. The number of fused-ring (bicyclic) bond motifs is 1. The van der Waals surface area contributed by atoms with Crippen LogP contribution in [0.3, 0.4) is 0 Å². The second-order valence-electron chi connectivity index (χ2n) is 9.83. The molecule has 2 aliphatic rings. The van der Waals surface area contributed by atoms with Crippen LogP contribution in [0.2, 0.25) is 0 Å². The van der Waals surface area contributed by atoms with E-state index in [-0.39, 0.29) is 28.8 Å². The minimum absolute atomic E-state index is 0.0526. The van der Waals surface area contributed by atoms with E-state index >= 15 is 0 Å². The quantitative estimate of drug-likeness (QED) is 0.561. The lowest BCUT2D eigenvalue weighted by molar-refractivity contribution is -0.139. The molecule has 0 aliphatic heterocycles. The van der Waals surface area contributed by atoms with E-state index in [4.69, 9.17) is 9.47 Å². The van der Waals surface area contributed by atoms with Crippen LogP contribution in [-0.2, 0) is 22.5 Å². The van der Waals surface area contributed by atoms with Crippen molar-refractivity contribution in [2.45, 2.75) is 82.2 Å². The minimum Gasteiger partial charge on any atom is -0.598 e. The smallest absolute Gasteiger partial charge is 0.392 e. The Hall–Kier alpha value is -0.960. The van der Waals surface area contributed by atoms with Gasteiger partial charge in [0.2, 0.25) is 0 Å². The standard InChI is InChI=1S/C23H34F3NO3S/c1-21(2,3)31(28)27-15-20-19-13-18(30-12-11-23(24,25)26)6-5-16(19)14-22(20)9-7-17(29-4)8-10-22/h5-6,13,17,20,27H,7-12,14-15H2,1-4H3/t17-,20?,22-,31?. The topological polar surface area (TPSA) is 53.5 Å². The summed E-state index contributed by atoms with van der Waals surface area (Å²) in [7, 11) is 1.75. The van der Waals surface area contributed by atoms with Gasteiger partial charge in [-0.1, -0.05) is 6.07 Å². The number of rotatable bonds is 7. The highest BCUT2D eigenvalue weighted by Crippen LogP contribution is 2.56. The highest BCUT2D eigenvalue weighted by Gasteiger charge is 2.48. The summed E-state index contributed by atoms with van der Waals surface area (Å²) in [6.45, 7) is 5.99. The molecule has 1 aromatic carbocycles. The zero-order valence-corrected chi connectivity index (χ0v) is 19.6. The first kappa shape index (κ1) is 24.7. The predicted octanol–water partition coefficient (Wildman–Crippen LogP) is 5.28. The van der Waals surface area contributed by atoms with Gasteiger partial charge in [-0.05, 0) is 81.5 Å². The number of nitrogens with one attached hydrogen (secondary N) is 1. The summed E-state index contributed by atoms with van der Waals surface area (Å²) in [5.74, 6) is 0.602. The maximum atomic E-state index is 12.7. The molecule has 4 nitrogen and oxygen atoms in total. The summed E-state index contributed by atoms with van der Waals surface area (Å²) in [6.07, 6.45) is -0.00973. The van der Waals surface area contributed by atoms with Crippen molar-refractivity contribution in [3.8, 4) is 5.75 Å². The molecular weight excluding hydrogens is 427 g/mol. The van der Waals surface area contributed by atoms with Gasteiger partial charge in [0.15, 0.2) is 0 Å². The molecule has 1 fully saturated rings. The molecule has 1 saturated carbocycles. The van der Waals surface area contributed by atoms with Crippen LogP contribution in [0.15, 0.2) is 18.2 Å². The molecule has 0 radical (unpaired) electrons. The molecule has 3 rings (SSSR count). The van der Waals surface area contributed by atoms with Crippen LogP contribution in [0.5, 0.6) is 5.75 Å². The number of hydrogen-bond acceptors (Lipinski definition) is 4. The average Bonchev–Trinajstić information content (AvgIpc) is 2.97. The first-order valence-electron chi connectivity index (χ1n) is 10.9. The van der Waals surface area contributed by atoms with E-state index in [1.54, 1.807) is 13.2 Å². The van der Waals surface area contributed by atoms with Gasteiger partial charge < -0.3 is 14.0 Å². The van der Waals surface area contributed by atoms with Crippen molar-refractivity contribution >= 4 is 11.4 Å². The van der Waals surface area contributed by atoms with E-state index in [1.807, 2.05) is 32.9 Å². The summed E-state index contributed by atoms with van der Waals surface area (Å²) in [5.41, 5.74) is 2.38. The molecule has 0 aromatic heterocycles. The molecule has 1 N–H and O–H groups in total. The Labute approximate surface area is 186 Å². The first-order valence-corrected chi connectivity index (χ1v) is 12.1. The van der Waals surface area contributed by atoms with Gasteiger partial charge in [-0.3, -0.25) is 0 Å². The fraction of sp³-hybridized carbons (Fsp3) is 0.739. The van der Waals surface area contributed by atoms with E-state index in [2.05, 4.69) is 4.72 Å². The number of hydrogen-bond donors (Lipinski definition) is 1. The van der Waals surface area contributed by atoms with Crippen molar-refractivity contribution < 1.29 is 27.2 Å². The van der Waals surface area contributed by atoms with E-state index in [9.17, 15) is 17.7 Å². The Kier molecular flexibility index (Phi) is 7.56. The summed E-state index contributed by atoms with van der Waals surface area (Å²) in [4.78, 5) is 0. The van der Waals surface area contributed by atoms with Crippen LogP contribution >= 0.6 is 0 Å². The van der Waals surface area contributed by atoms with Gasteiger partial charge in [0, 0.05) is 30.9 Å². The van der Waals surface area contributed by atoms with E-state index in [0.717, 1.165) is 37.7 Å². The van der Waals surface area contributed by atoms with Crippen LogP contribution in [0, 0.1) is 5.41 Å². The number of methoxy groups -OCH3 is 1. The van der Waals surface area contributed by atoms with Gasteiger partial charge in [-0.15, -0.1) is 4.72 Å². The molecule has 0 bridgehead atoms. The van der Waals surface area contributed by atoms with E-state index < -0.39 is 24.0 Å².